The molecule has 2 aromatic carbocycles. The SMILES string of the molecule is c1ccc2c(c1)-c1cc3ccc(cc4nc(nc5ccc(cc-2n1)[nH]5)-c1ccccc1-4)[nH]3. The average molecular weight is 411 g/mol. The molecule has 0 unspecified atom stereocenters. The van der Waals surface area contributed by atoms with Gasteiger partial charge in [0.25, 0.3) is 0 Å². The van der Waals surface area contributed by atoms with E-state index in [1.165, 1.54) is 0 Å². The van der Waals surface area contributed by atoms with Gasteiger partial charge in [-0.05, 0) is 42.5 Å². The monoisotopic (exact) mass is 411 g/mol. The van der Waals surface area contributed by atoms with Gasteiger partial charge < -0.3 is 9.97 Å². The second-order valence-corrected chi connectivity index (χ2v) is 8.01. The molecule has 0 spiro atoms. The van der Waals surface area contributed by atoms with Gasteiger partial charge in [-0.2, -0.15) is 0 Å². The lowest BCUT2D eigenvalue weighted by atomic mass is 10.1. The summed E-state index contributed by atoms with van der Waals surface area (Å²) in [6, 6.07) is 30.9. The lowest BCUT2D eigenvalue weighted by Gasteiger charge is -1.97. The summed E-state index contributed by atoms with van der Waals surface area (Å²) in [6.07, 6.45) is 0. The smallest absolute Gasteiger partial charge is 0.162 e. The van der Waals surface area contributed by atoms with Crippen LogP contribution in [0.3, 0.4) is 0 Å². The Kier molecular flexibility index (Phi) is 3.49. The number of nitrogens with one attached hydrogen (secondary N) is 2. The molecule has 2 aliphatic rings. The van der Waals surface area contributed by atoms with Crippen molar-refractivity contribution in [2.45, 2.75) is 0 Å². The van der Waals surface area contributed by atoms with Crippen LogP contribution in [0.2, 0.25) is 0 Å². The Morgan fingerprint density at radius 3 is 1.59 bits per heavy atom. The third kappa shape index (κ3) is 2.68. The number of H-pyrrole nitrogens is 2. The number of fused-ring (bicyclic) bond motifs is 14. The minimum absolute atomic E-state index is 0.713. The van der Waals surface area contributed by atoms with E-state index in [1.54, 1.807) is 0 Å². The van der Waals surface area contributed by atoms with Crippen molar-refractivity contribution in [2.24, 2.45) is 0 Å². The number of aromatic nitrogens is 5. The fourth-order valence-electron chi connectivity index (χ4n) is 4.43. The normalized spacial score (nSPS) is 11.8. The number of benzene rings is 2. The summed E-state index contributed by atoms with van der Waals surface area (Å²) in [6.45, 7) is 0. The van der Waals surface area contributed by atoms with E-state index in [0.717, 1.165) is 61.5 Å². The maximum Gasteiger partial charge on any atom is 0.162 e. The Bertz CT molecular complexity index is 1450. The zero-order valence-corrected chi connectivity index (χ0v) is 17.0. The quantitative estimate of drug-likeness (QED) is 0.304. The van der Waals surface area contributed by atoms with E-state index >= 15 is 0 Å². The second-order valence-electron chi connectivity index (χ2n) is 8.01. The van der Waals surface area contributed by atoms with Gasteiger partial charge in [0.2, 0.25) is 0 Å². The molecule has 0 amide bonds. The van der Waals surface area contributed by atoms with Crippen LogP contribution in [0.25, 0.3) is 67.4 Å². The number of nitrogens with zero attached hydrogens (tertiary/aromatic N) is 3. The standard InChI is InChI=1S/C27H17N5/c1-2-6-20-19(5-1)23-13-16-9-10-17(28-16)14-25-21-7-3-4-8-22(21)27(31-25)32-26-12-11-18(29-26)15-24(20)30-23/h1-15,28H,(H,29,31,32). The van der Waals surface area contributed by atoms with Crippen molar-refractivity contribution in [1.82, 2.24) is 24.9 Å². The summed E-state index contributed by atoms with van der Waals surface area (Å²) >= 11 is 0. The fourth-order valence-corrected chi connectivity index (χ4v) is 4.43. The minimum atomic E-state index is 0.713. The Hall–Kier alpha value is -4.51. The summed E-state index contributed by atoms with van der Waals surface area (Å²) in [4.78, 5) is 21.5. The lowest BCUT2D eigenvalue weighted by molar-refractivity contribution is 1.26. The Balaban J connectivity index is 1.60. The van der Waals surface area contributed by atoms with Gasteiger partial charge in [-0.3, -0.25) is 0 Å². The predicted octanol–water partition coefficient (Wildman–Crippen LogP) is 6.38. The van der Waals surface area contributed by atoms with Crippen molar-refractivity contribution >= 4 is 22.2 Å². The van der Waals surface area contributed by atoms with Crippen LogP contribution in [0, 0.1) is 0 Å². The van der Waals surface area contributed by atoms with E-state index in [2.05, 4.69) is 70.6 Å². The van der Waals surface area contributed by atoms with Crippen LogP contribution >= 0.6 is 0 Å². The predicted molar refractivity (Wildman–Crippen MR) is 128 cm³/mol. The highest BCUT2D eigenvalue weighted by molar-refractivity contribution is 5.88. The number of rotatable bonds is 0. The van der Waals surface area contributed by atoms with Crippen molar-refractivity contribution in [2.75, 3.05) is 0 Å². The van der Waals surface area contributed by atoms with Crippen LogP contribution in [0.15, 0.2) is 91.0 Å². The second kappa shape index (κ2) is 6.49. The molecular formula is C27H17N5. The Labute approximate surface area is 183 Å². The van der Waals surface area contributed by atoms with E-state index in [1.807, 2.05) is 30.3 Å². The maximum atomic E-state index is 4.94. The summed E-state index contributed by atoms with van der Waals surface area (Å²) in [5.74, 6) is 0.713. The van der Waals surface area contributed by atoms with E-state index < -0.39 is 0 Å². The molecular weight excluding hydrogens is 394 g/mol. The Morgan fingerprint density at radius 1 is 0.438 bits per heavy atom. The highest BCUT2D eigenvalue weighted by atomic mass is 14.9. The number of hydrogen-bond donors (Lipinski definition) is 2. The molecule has 5 nitrogen and oxygen atoms in total. The molecule has 0 saturated heterocycles. The summed E-state index contributed by atoms with van der Waals surface area (Å²) in [5.41, 5.74) is 10.9. The third-order valence-corrected chi connectivity index (χ3v) is 5.92. The molecule has 5 aromatic rings. The fraction of sp³-hybridized carbons (Fsp3) is 0. The van der Waals surface area contributed by atoms with Gasteiger partial charge in [0.05, 0.1) is 17.1 Å². The molecule has 0 fully saturated rings. The number of aromatic amines is 2. The van der Waals surface area contributed by atoms with Crippen LogP contribution in [-0.4, -0.2) is 24.9 Å². The van der Waals surface area contributed by atoms with Crippen molar-refractivity contribution in [3.8, 4) is 45.2 Å². The van der Waals surface area contributed by atoms with Crippen LogP contribution in [0.5, 0.6) is 0 Å². The van der Waals surface area contributed by atoms with Crippen LogP contribution in [-0.2, 0) is 0 Å². The highest BCUT2D eigenvalue weighted by Crippen LogP contribution is 2.36. The first-order valence-electron chi connectivity index (χ1n) is 10.5. The lowest BCUT2D eigenvalue weighted by Crippen LogP contribution is -1.80. The average Bonchev–Trinajstić information content (AvgIpc) is 3.58. The zero-order valence-electron chi connectivity index (χ0n) is 17.0. The largest absolute Gasteiger partial charge is 0.355 e. The first kappa shape index (κ1) is 17.2. The van der Waals surface area contributed by atoms with Crippen LogP contribution in [0.1, 0.15) is 0 Å². The van der Waals surface area contributed by atoms with E-state index in [9.17, 15) is 0 Å². The van der Waals surface area contributed by atoms with Crippen molar-refractivity contribution in [3.05, 3.63) is 91.0 Å². The highest BCUT2D eigenvalue weighted by Gasteiger charge is 2.17. The van der Waals surface area contributed by atoms with Crippen molar-refractivity contribution in [1.29, 1.82) is 0 Å². The number of hydrogen-bond acceptors (Lipinski definition) is 3. The maximum absolute atomic E-state index is 4.94. The minimum Gasteiger partial charge on any atom is -0.355 e. The molecule has 3 aromatic heterocycles. The molecule has 0 radical (unpaired) electrons. The van der Waals surface area contributed by atoms with Gasteiger partial charge in [0.15, 0.2) is 5.82 Å². The van der Waals surface area contributed by atoms with Gasteiger partial charge >= 0.3 is 0 Å². The van der Waals surface area contributed by atoms with Gasteiger partial charge in [0.1, 0.15) is 5.65 Å². The summed E-state index contributed by atoms with van der Waals surface area (Å²) < 4.78 is 0. The van der Waals surface area contributed by atoms with Gasteiger partial charge in [-0.25, -0.2) is 15.0 Å². The molecule has 2 N–H and O–H groups in total. The molecule has 150 valence electrons. The first-order chi connectivity index (χ1) is 15.8. The van der Waals surface area contributed by atoms with E-state index in [0.29, 0.717) is 5.82 Å². The first-order valence-corrected chi connectivity index (χ1v) is 10.5. The van der Waals surface area contributed by atoms with Crippen LogP contribution in [0.4, 0.5) is 0 Å². The molecule has 8 bridgehead atoms. The molecule has 5 heterocycles. The van der Waals surface area contributed by atoms with Gasteiger partial charge in [-0.1, -0.05) is 48.5 Å². The molecule has 0 saturated carbocycles. The Morgan fingerprint density at radius 2 is 0.938 bits per heavy atom. The molecule has 32 heavy (non-hydrogen) atoms. The summed E-state index contributed by atoms with van der Waals surface area (Å²) in [7, 11) is 0. The van der Waals surface area contributed by atoms with E-state index in [-0.39, 0.29) is 0 Å². The molecule has 2 aliphatic heterocycles. The zero-order chi connectivity index (χ0) is 21.1. The molecule has 7 rings (SSSR count). The molecule has 0 aliphatic carbocycles. The van der Waals surface area contributed by atoms with E-state index in [4.69, 9.17) is 15.0 Å². The third-order valence-electron chi connectivity index (χ3n) is 5.92. The van der Waals surface area contributed by atoms with Gasteiger partial charge in [-0.15, -0.1) is 0 Å². The molecule has 0 atom stereocenters. The topological polar surface area (TPSA) is 70.2 Å². The molecule has 5 heteroatoms. The van der Waals surface area contributed by atoms with Gasteiger partial charge in [0, 0.05) is 38.8 Å². The van der Waals surface area contributed by atoms with Crippen LogP contribution < -0.4 is 0 Å². The van der Waals surface area contributed by atoms with Crippen molar-refractivity contribution < 1.29 is 0 Å². The summed E-state index contributed by atoms with van der Waals surface area (Å²) in [5, 5.41) is 0. The van der Waals surface area contributed by atoms with Crippen molar-refractivity contribution in [3.63, 3.8) is 0 Å².